The van der Waals surface area contributed by atoms with Gasteiger partial charge in [0.15, 0.2) is 5.82 Å². The quantitative estimate of drug-likeness (QED) is 0.797. The van der Waals surface area contributed by atoms with E-state index in [1.54, 1.807) is 36.7 Å². The van der Waals surface area contributed by atoms with E-state index in [4.69, 9.17) is 0 Å². The summed E-state index contributed by atoms with van der Waals surface area (Å²) in [6.07, 6.45) is 6.67. The van der Waals surface area contributed by atoms with Gasteiger partial charge < -0.3 is 14.5 Å². The molecule has 16 heavy (non-hydrogen) atoms. The van der Waals surface area contributed by atoms with Gasteiger partial charge in [-0.15, -0.1) is 0 Å². The SMILES string of the molecule is CN(Cc1ncc[nH]1)c1nccn(C)c1=O. The highest BCUT2D eigenvalue weighted by Crippen LogP contribution is 2.03. The lowest BCUT2D eigenvalue weighted by Crippen LogP contribution is -2.29. The fraction of sp³-hybridized carbons (Fsp3) is 0.300. The van der Waals surface area contributed by atoms with Crippen LogP contribution in [0.2, 0.25) is 0 Å². The summed E-state index contributed by atoms with van der Waals surface area (Å²) in [7, 11) is 3.51. The fourth-order valence-electron chi connectivity index (χ4n) is 1.43. The van der Waals surface area contributed by atoms with Crippen molar-refractivity contribution in [3.8, 4) is 0 Å². The van der Waals surface area contributed by atoms with E-state index in [1.165, 1.54) is 4.57 Å². The summed E-state index contributed by atoms with van der Waals surface area (Å²) in [5, 5.41) is 0. The monoisotopic (exact) mass is 219 g/mol. The van der Waals surface area contributed by atoms with Crippen molar-refractivity contribution in [1.82, 2.24) is 19.5 Å². The molecule has 2 aromatic heterocycles. The predicted molar refractivity (Wildman–Crippen MR) is 60.2 cm³/mol. The number of rotatable bonds is 3. The van der Waals surface area contributed by atoms with E-state index in [0.717, 1.165) is 5.82 Å². The summed E-state index contributed by atoms with van der Waals surface area (Å²) in [6, 6.07) is 0. The Hall–Kier alpha value is -2.11. The lowest BCUT2D eigenvalue weighted by atomic mass is 10.5. The van der Waals surface area contributed by atoms with Crippen LogP contribution in [0.4, 0.5) is 5.82 Å². The normalized spacial score (nSPS) is 10.4. The molecule has 0 bridgehead atoms. The van der Waals surface area contributed by atoms with Crippen molar-refractivity contribution in [3.63, 3.8) is 0 Å². The second-order valence-corrected chi connectivity index (χ2v) is 3.56. The zero-order valence-corrected chi connectivity index (χ0v) is 9.21. The minimum Gasteiger partial charge on any atom is -0.348 e. The van der Waals surface area contributed by atoms with Gasteiger partial charge in [-0.05, 0) is 0 Å². The molecule has 1 N–H and O–H groups in total. The highest BCUT2D eigenvalue weighted by molar-refractivity contribution is 5.34. The second kappa shape index (κ2) is 4.18. The molecule has 0 saturated carbocycles. The number of hydrogen-bond donors (Lipinski definition) is 1. The molecule has 2 heterocycles. The van der Waals surface area contributed by atoms with Gasteiger partial charge in [-0.2, -0.15) is 0 Å². The maximum absolute atomic E-state index is 11.8. The zero-order chi connectivity index (χ0) is 11.5. The molecule has 84 valence electrons. The van der Waals surface area contributed by atoms with Crippen molar-refractivity contribution >= 4 is 5.82 Å². The highest BCUT2D eigenvalue weighted by atomic mass is 16.1. The Bertz CT molecular complexity index is 516. The molecule has 0 fully saturated rings. The molecule has 6 nitrogen and oxygen atoms in total. The maximum atomic E-state index is 11.8. The third kappa shape index (κ3) is 1.95. The van der Waals surface area contributed by atoms with Crippen LogP contribution < -0.4 is 10.5 Å². The van der Waals surface area contributed by atoms with Crippen LogP contribution in [0.1, 0.15) is 5.82 Å². The molecule has 0 amide bonds. The molecule has 2 aromatic rings. The van der Waals surface area contributed by atoms with E-state index in [-0.39, 0.29) is 5.56 Å². The van der Waals surface area contributed by atoms with E-state index < -0.39 is 0 Å². The van der Waals surface area contributed by atoms with Crippen molar-refractivity contribution in [3.05, 3.63) is 41.0 Å². The number of nitrogens with zero attached hydrogens (tertiary/aromatic N) is 4. The molecular formula is C10H13N5O. The van der Waals surface area contributed by atoms with Crippen LogP contribution in [0.5, 0.6) is 0 Å². The van der Waals surface area contributed by atoms with E-state index in [0.29, 0.717) is 12.4 Å². The molecule has 2 rings (SSSR count). The second-order valence-electron chi connectivity index (χ2n) is 3.56. The molecule has 0 radical (unpaired) electrons. The Morgan fingerprint density at radius 1 is 1.44 bits per heavy atom. The van der Waals surface area contributed by atoms with Gasteiger partial charge in [0.2, 0.25) is 0 Å². The number of anilines is 1. The highest BCUT2D eigenvalue weighted by Gasteiger charge is 2.09. The first-order chi connectivity index (χ1) is 7.68. The van der Waals surface area contributed by atoms with E-state index in [9.17, 15) is 4.79 Å². The molecule has 0 aromatic carbocycles. The Labute approximate surface area is 92.6 Å². The van der Waals surface area contributed by atoms with Gasteiger partial charge in [-0.1, -0.05) is 0 Å². The number of nitrogens with one attached hydrogen (secondary N) is 1. The van der Waals surface area contributed by atoms with E-state index in [2.05, 4.69) is 15.0 Å². The lowest BCUT2D eigenvalue weighted by Gasteiger charge is -2.15. The van der Waals surface area contributed by atoms with Gasteiger partial charge in [0.05, 0.1) is 6.54 Å². The topological polar surface area (TPSA) is 66.8 Å². The predicted octanol–water partition coefficient (Wildman–Crippen LogP) is 0.140. The fourth-order valence-corrected chi connectivity index (χ4v) is 1.43. The number of hydrogen-bond acceptors (Lipinski definition) is 4. The smallest absolute Gasteiger partial charge is 0.293 e. The minimum absolute atomic E-state index is 0.114. The Morgan fingerprint density at radius 2 is 2.25 bits per heavy atom. The molecular weight excluding hydrogens is 206 g/mol. The summed E-state index contributed by atoms with van der Waals surface area (Å²) in [5.74, 6) is 1.22. The summed E-state index contributed by atoms with van der Waals surface area (Å²) in [5.41, 5.74) is -0.114. The first kappa shape index (κ1) is 10.4. The summed E-state index contributed by atoms with van der Waals surface area (Å²) in [6.45, 7) is 0.527. The van der Waals surface area contributed by atoms with Crippen LogP contribution in [0.3, 0.4) is 0 Å². The van der Waals surface area contributed by atoms with Gasteiger partial charge in [0.1, 0.15) is 5.82 Å². The lowest BCUT2D eigenvalue weighted by molar-refractivity contribution is 0.786. The van der Waals surface area contributed by atoms with E-state index in [1.807, 2.05) is 7.05 Å². The minimum atomic E-state index is -0.114. The van der Waals surface area contributed by atoms with Gasteiger partial charge in [0.25, 0.3) is 5.56 Å². The Balaban J connectivity index is 2.24. The number of H-pyrrole nitrogens is 1. The standard InChI is InChI=1S/C10H13N5O/c1-14-6-5-13-9(10(14)16)15(2)7-8-11-3-4-12-8/h3-6H,7H2,1-2H3,(H,11,12). The van der Waals surface area contributed by atoms with Gasteiger partial charge >= 0.3 is 0 Å². The number of imidazole rings is 1. The van der Waals surface area contributed by atoms with Crippen LogP contribution in [0.15, 0.2) is 29.6 Å². The molecule has 0 atom stereocenters. The van der Waals surface area contributed by atoms with E-state index >= 15 is 0 Å². The van der Waals surface area contributed by atoms with Gasteiger partial charge in [-0.25, -0.2) is 9.97 Å². The summed E-state index contributed by atoms with van der Waals surface area (Å²) >= 11 is 0. The van der Waals surface area contributed by atoms with Crippen molar-refractivity contribution < 1.29 is 0 Å². The van der Waals surface area contributed by atoms with Crippen LogP contribution >= 0.6 is 0 Å². The summed E-state index contributed by atoms with van der Waals surface area (Å²) in [4.78, 5) is 24.7. The van der Waals surface area contributed by atoms with Crippen molar-refractivity contribution in [2.45, 2.75) is 6.54 Å². The molecule has 0 saturated heterocycles. The van der Waals surface area contributed by atoms with Crippen LogP contribution in [0, 0.1) is 0 Å². The van der Waals surface area contributed by atoms with Gasteiger partial charge in [0, 0.05) is 38.9 Å². The van der Waals surface area contributed by atoms with Gasteiger partial charge in [-0.3, -0.25) is 4.79 Å². The molecule has 0 aliphatic rings. The Kier molecular flexibility index (Phi) is 2.72. The number of aromatic nitrogens is 4. The average Bonchev–Trinajstić information content (AvgIpc) is 2.74. The van der Waals surface area contributed by atoms with Crippen LogP contribution in [0.25, 0.3) is 0 Å². The van der Waals surface area contributed by atoms with Crippen molar-refractivity contribution in [1.29, 1.82) is 0 Å². The Morgan fingerprint density at radius 3 is 2.94 bits per heavy atom. The third-order valence-electron chi connectivity index (χ3n) is 2.30. The summed E-state index contributed by atoms with van der Waals surface area (Å²) < 4.78 is 1.50. The van der Waals surface area contributed by atoms with Crippen LogP contribution in [-0.2, 0) is 13.6 Å². The maximum Gasteiger partial charge on any atom is 0.293 e. The zero-order valence-electron chi connectivity index (χ0n) is 9.21. The average molecular weight is 219 g/mol. The first-order valence-corrected chi connectivity index (χ1v) is 4.89. The largest absolute Gasteiger partial charge is 0.348 e. The third-order valence-corrected chi connectivity index (χ3v) is 2.30. The number of aryl methyl sites for hydroxylation is 1. The molecule has 0 spiro atoms. The number of aromatic amines is 1. The molecule has 6 heteroatoms. The van der Waals surface area contributed by atoms with Crippen LogP contribution in [-0.4, -0.2) is 26.6 Å². The molecule has 0 aliphatic carbocycles. The first-order valence-electron chi connectivity index (χ1n) is 4.89. The molecule has 0 aliphatic heterocycles. The molecule has 0 unspecified atom stereocenters. The van der Waals surface area contributed by atoms with Crippen molar-refractivity contribution in [2.75, 3.05) is 11.9 Å². The van der Waals surface area contributed by atoms with Crippen molar-refractivity contribution in [2.24, 2.45) is 7.05 Å².